The number of aliphatic hydroxyl groups excluding tert-OH is 3. The standard InChI is InChI=1S/C33H31ClFN3O5/c34-28-11-23(16-38-33(18-39,19-40)20-41)31(42-17-22-10-21(13-36)14-37-15-22)12-32(28)43-30-9-8-25-24(5-3-6-27(25)30)26-4-1-2-7-29(26)35/h1-7,10-12,14-15,30,38-41H,8-9,16-20H2/t30-/m0/s1. The van der Waals surface area contributed by atoms with Crippen LogP contribution >= 0.6 is 11.6 Å². The van der Waals surface area contributed by atoms with Crippen molar-refractivity contribution in [3.63, 3.8) is 0 Å². The summed E-state index contributed by atoms with van der Waals surface area (Å²) in [6, 6.07) is 19.6. The maximum absolute atomic E-state index is 14.6. The Labute approximate surface area is 253 Å². The zero-order chi connectivity index (χ0) is 30.4. The molecule has 1 atom stereocenters. The second-order valence-electron chi connectivity index (χ2n) is 10.5. The van der Waals surface area contributed by atoms with E-state index in [9.17, 15) is 25.0 Å². The molecule has 0 saturated heterocycles. The first kappa shape index (κ1) is 30.4. The number of nitrogens with zero attached hydrogens (tertiary/aromatic N) is 2. The maximum Gasteiger partial charge on any atom is 0.142 e. The summed E-state index contributed by atoms with van der Waals surface area (Å²) in [4.78, 5) is 4.08. The number of hydrogen-bond donors (Lipinski definition) is 4. The Bertz CT molecular complexity index is 1630. The van der Waals surface area contributed by atoms with Crippen LogP contribution in [0.2, 0.25) is 5.02 Å². The molecule has 43 heavy (non-hydrogen) atoms. The SMILES string of the molecule is N#Cc1cncc(COc2cc(O[C@H]3CCc4c(-c5ccccc5F)cccc43)c(Cl)cc2CNC(CO)(CO)CO)c1. The fourth-order valence-corrected chi connectivity index (χ4v) is 5.38. The van der Waals surface area contributed by atoms with Gasteiger partial charge in [-0.3, -0.25) is 4.98 Å². The summed E-state index contributed by atoms with van der Waals surface area (Å²) < 4.78 is 27.2. The molecule has 1 aliphatic carbocycles. The molecule has 0 unspecified atom stereocenters. The van der Waals surface area contributed by atoms with Gasteiger partial charge in [-0.1, -0.05) is 48.0 Å². The van der Waals surface area contributed by atoms with E-state index in [2.05, 4.69) is 16.4 Å². The van der Waals surface area contributed by atoms with Crippen molar-refractivity contribution in [2.24, 2.45) is 0 Å². The van der Waals surface area contributed by atoms with Gasteiger partial charge in [0.05, 0.1) is 35.9 Å². The van der Waals surface area contributed by atoms with Crippen molar-refractivity contribution in [2.45, 2.75) is 37.6 Å². The number of nitrogens with one attached hydrogen (secondary N) is 1. The largest absolute Gasteiger partial charge is 0.488 e. The van der Waals surface area contributed by atoms with Gasteiger partial charge in [-0.25, -0.2) is 4.39 Å². The van der Waals surface area contributed by atoms with Crippen LogP contribution in [0, 0.1) is 17.1 Å². The quantitative estimate of drug-likeness (QED) is 0.181. The first-order chi connectivity index (χ1) is 20.9. The molecule has 0 fully saturated rings. The maximum atomic E-state index is 14.6. The highest BCUT2D eigenvalue weighted by atomic mass is 35.5. The molecule has 0 amide bonds. The Kier molecular flexibility index (Phi) is 9.56. The predicted molar refractivity (Wildman–Crippen MR) is 159 cm³/mol. The van der Waals surface area contributed by atoms with Crippen LogP contribution in [0.1, 0.15) is 40.3 Å². The van der Waals surface area contributed by atoms with Gasteiger partial charge in [0.25, 0.3) is 0 Å². The van der Waals surface area contributed by atoms with E-state index in [1.807, 2.05) is 24.3 Å². The molecule has 1 aliphatic rings. The summed E-state index contributed by atoms with van der Waals surface area (Å²) >= 11 is 6.71. The molecule has 10 heteroatoms. The smallest absolute Gasteiger partial charge is 0.142 e. The van der Waals surface area contributed by atoms with Gasteiger partial charge in [-0.05, 0) is 47.7 Å². The van der Waals surface area contributed by atoms with Crippen LogP contribution in [0.3, 0.4) is 0 Å². The fraction of sp³-hybridized carbons (Fsp3) is 0.273. The molecule has 4 N–H and O–H groups in total. The molecule has 222 valence electrons. The van der Waals surface area contributed by atoms with Crippen LogP contribution in [0.4, 0.5) is 4.39 Å². The third-order valence-corrected chi connectivity index (χ3v) is 7.94. The average Bonchev–Trinajstić information content (AvgIpc) is 3.45. The Balaban J connectivity index is 1.44. The van der Waals surface area contributed by atoms with E-state index in [4.69, 9.17) is 21.1 Å². The molecule has 0 aliphatic heterocycles. The van der Waals surface area contributed by atoms with Gasteiger partial charge < -0.3 is 30.1 Å². The highest BCUT2D eigenvalue weighted by molar-refractivity contribution is 6.32. The monoisotopic (exact) mass is 603 g/mol. The summed E-state index contributed by atoms with van der Waals surface area (Å²) in [6.07, 6.45) is 4.13. The normalized spacial score (nSPS) is 14.3. The number of nitriles is 1. The number of ether oxygens (including phenoxy) is 2. The minimum absolute atomic E-state index is 0.0972. The summed E-state index contributed by atoms with van der Waals surface area (Å²) in [5.41, 5.74) is 3.74. The van der Waals surface area contributed by atoms with E-state index >= 15 is 0 Å². The van der Waals surface area contributed by atoms with Crippen LogP contribution < -0.4 is 14.8 Å². The summed E-state index contributed by atoms with van der Waals surface area (Å²) in [5, 5.41) is 41.8. The number of pyridine rings is 1. The third-order valence-electron chi connectivity index (χ3n) is 7.64. The van der Waals surface area contributed by atoms with E-state index in [1.165, 1.54) is 12.3 Å². The van der Waals surface area contributed by atoms with Gasteiger partial charge in [-0.2, -0.15) is 5.26 Å². The first-order valence-electron chi connectivity index (χ1n) is 13.8. The second-order valence-corrected chi connectivity index (χ2v) is 10.9. The van der Waals surface area contributed by atoms with Crippen molar-refractivity contribution < 1.29 is 29.2 Å². The highest BCUT2D eigenvalue weighted by Crippen LogP contribution is 2.43. The molecule has 0 saturated carbocycles. The van der Waals surface area contributed by atoms with E-state index in [0.717, 1.165) is 16.7 Å². The summed E-state index contributed by atoms with van der Waals surface area (Å²) in [6.45, 7) is -1.28. The van der Waals surface area contributed by atoms with E-state index in [0.29, 0.717) is 51.6 Å². The zero-order valence-electron chi connectivity index (χ0n) is 23.3. The lowest BCUT2D eigenvalue weighted by atomic mass is 9.96. The number of benzene rings is 3. The molecule has 0 bridgehead atoms. The number of halogens is 2. The van der Waals surface area contributed by atoms with Crippen molar-refractivity contribution in [3.05, 3.63) is 112 Å². The van der Waals surface area contributed by atoms with E-state index in [-0.39, 0.29) is 25.1 Å². The van der Waals surface area contributed by atoms with Crippen molar-refractivity contribution in [3.8, 4) is 28.7 Å². The fourth-order valence-electron chi connectivity index (χ4n) is 5.15. The molecule has 8 nitrogen and oxygen atoms in total. The molecule has 0 spiro atoms. The third kappa shape index (κ3) is 6.64. The van der Waals surface area contributed by atoms with Crippen molar-refractivity contribution in [2.75, 3.05) is 19.8 Å². The molecule has 0 radical (unpaired) electrons. The van der Waals surface area contributed by atoms with Crippen molar-refractivity contribution in [1.29, 1.82) is 5.26 Å². The highest BCUT2D eigenvalue weighted by Gasteiger charge is 2.30. The molecule has 3 aromatic carbocycles. The topological polar surface area (TPSA) is 128 Å². The Hall–Kier alpha value is -4.04. The van der Waals surface area contributed by atoms with E-state index in [1.54, 1.807) is 36.5 Å². The van der Waals surface area contributed by atoms with Crippen LogP contribution in [-0.4, -0.2) is 45.7 Å². The van der Waals surface area contributed by atoms with Crippen LogP contribution in [0.15, 0.2) is 73.1 Å². The average molecular weight is 604 g/mol. The van der Waals surface area contributed by atoms with E-state index < -0.39 is 25.4 Å². The summed E-state index contributed by atoms with van der Waals surface area (Å²) in [5.74, 6) is 0.518. The summed E-state index contributed by atoms with van der Waals surface area (Å²) in [7, 11) is 0. The lowest BCUT2D eigenvalue weighted by Gasteiger charge is -2.29. The number of aliphatic hydroxyl groups is 3. The lowest BCUT2D eigenvalue weighted by molar-refractivity contribution is 0.0412. The van der Waals surface area contributed by atoms with Gasteiger partial charge >= 0.3 is 0 Å². The zero-order valence-corrected chi connectivity index (χ0v) is 24.0. The van der Waals surface area contributed by atoms with Crippen LogP contribution in [0.5, 0.6) is 11.5 Å². The van der Waals surface area contributed by atoms with Gasteiger partial charge in [-0.15, -0.1) is 0 Å². The van der Waals surface area contributed by atoms with Gasteiger partial charge in [0.15, 0.2) is 0 Å². The number of aromatic nitrogens is 1. The molecule has 1 aromatic heterocycles. The van der Waals surface area contributed by atoms with Crippen LogP contribution in [0.25, 0.3) is 11.1 Å². The first-order valence-corrected chi connectivity index (χ1v) is 14.2. The lowest BCUT2D eigenvalue weighted by Crippen LogP contribution is -2.54. The van der Waals surface area contributed by atoms with Gasteiger partial charge in [0.1, 0.15) is 36.1 Å². The Morgan fingerprint density at radius 1 is 1.00 bits per heavy atom. The minimum Gasteiger partial charge on any atom is -0.488 e. The Morgan fingerprint density at radius 3 is 2.51 bits per heavy atom. The molecular formula is C33H31ClFN3O5. The van der Waals surface area contributed by atoms with Crippen molar-refractivity contribution in [1.82, 2.24) is 10.3 Å². The van der Waals surface area contributed by atoms with Crippen molar-refractivity contribution >= 4 is 11.6 Å². The molecular weight excluding hydrogens is 573 g/mol. The second kappa shape index (κ2) is 13.5. The molecule has 1 heterocycles. The molecule has 4 aromatic rings. The molecule has 5 rings (SSSR count). The number of hydrogen-bond acceptors (Lipinski definition) is 8. The number of fused-ring (bicyclic) bond motifs is 1. The minimum atomic E-state index is -1.31. The van der Waals surface area contributed by atoms with Crippen LogP contribution in [-0.2, 0) is 19.6 Å². The predicted octanol–water partition coefficient (Wildman–Crippen LogP) is 4.86. The number of rotatable bonds is 12. The van der Waals surface area contributed by atoms with Gasteiger partial charge in [0.2, 0.25) is 0 Å². The Morgan fingerprint density at radius 2 is 1.77 bits per heavy atom. The van der Waals surface area contributed by atoms with Gasteiger partial charge in [0, 0.05) is 41.7 Å².